The van der Waals surface area contributed by atoms with E-state index in [1.807, 2.05) is 13.8 Å². The van der Waals surface area contributed by atoms with Crippen LogP contribution in [0.25, 0.3) is 0 Å². The Kier molecular flexibility index (Phi) is 4.42. The van der Waals surface area contributed by atoms with Crippen molar-refractivity contribution < 1.29 is 13.2 Å². The van der Waals surface area contributed by atoms with Gasteiger partial charge in [0.1, 0.15) is 0 Å². The highest BCUT2D eigenvalue weighted by Gasteiger charge is 2.16. The molecule has 0 unspecified atom stereocenters. The van der Waals surface area contributed by atoms with Crippen molar-refractivity contribution in [1.29, 1.82) is 0 Å². The van der Waals surface area contributed by atoms with E-state index in [2.05, 4.69) is 14.7 Å². The van der Waals surface area contributed by atoms with Crippen molar-refractivity contribution in [2.24, 2.45) is 0 Å². The van der Waals surface area contributed by atoms with E-state index in [4.69, 9.17) is 4.74 Å². The van der Waals surface area contributed by atoms with Gasteiger partial charge in [0.05, 0.1) is 19.0 Å². The quantitative estimate of drug-likeness (QED) is 0.917. The average molecular weight is 307 g/mol. The summed E-state index contributed by atoms with van der Waals surface area (Å²) in [7, 11) is -2.22. The van der Waals surface area contributed by atoms with E-state index in [-0.39, 0.29) is 5.03 Å². The second-order valence-corrected chi connectivity index (χ2v) is 6.41. The van der Waals surface area contributed by atoms with Gasteiger partial charge >= 0.3 is 0 Å². The van der Waals surface area contributed by atoms with Gasteiger partial charge in [0.25, 0.3) is 10.0 Å². The molecule has 21 heavy (non-hydrogen) atoms. The maximum atomic E-state index is 12.2. The number of rotatable bonds is 5. The van der Waals surface area contributed by atoms with E-state index < -0.39 is 10.0 Å². The number of methoxy groups -OCH3 is 1. The van der Waals surface area contributed by atoms with Gasteiger partial charge in [0, 0.05) is 12.3 Å². The van der Waals surface area contributed by atoms with Crippen LogP contribution in [0.1, 0.15) is 25.3 Å². The number of hydrogen-bond donors (Lipinski definition) is 1. The second kappa shape index (κ2) is 6.09. The zero-order chi connectivity index (χ0) is 15.5. The lowest BCUT2D eigenvalue weighted by Crippen LogP contribution is -2.14. The molecule has 0 bridgehead atoms. The molecule has 0 aromatic carbocycles. The molecule has 0 aliphatic carbocycles. The van der Waals surface area contributed by atoms with Crippen molar-refractivity contribution in [3.8, 4) is 5.88 Å². The molecule has 2 aromatic heterocycles. The van der Waals surface area contributed by atoms with Crippen LogP contribution in [0.2, 0.25) is 0 Å². The van der Waals surface area contributed by atoms with Gasteiger partial charge in [-0.2, -0.15) is 8.42 Å². The predicted octanol–water partition coefficient (Wildman–Crippen LogP) is 2.41. The van der Waals surface area contributed by atoms with Crippen LogP contribution in [-0.4, -0.2) is 25.5 Å². The van der Waals surface area contributed by atoms with Gasteiger partial charge in [-0.25, -0.2) is 9.97 Å². The fraction of sp³-hybridized carbons (Fsp3) is 0.286. The maximum absolute atomic E-state index is 12.2. The SMILES string of the molecule is COc1ccc(NS(=O)(=O)c2ccc(C(C)C)cn2)cn1. The van der Waals surface area contributed by atoms with Crippen LogP contribution in [0.15, 0.2) is 41.7 Å². The molecule has 0 aliphatic heterocycles. The normalized spacial score (nSPS) is 11.4. The Labute approximate surface area is 124 Å². The van der Waals surface area contributed by atoms with Crippen LogP contribution in [0.3, 0.4) is 0 Å². The first kappa shape index (κ1) is 15.2. The Balaban J connectivity index is 2.20. The van der Waals surface area contributed by atoms with Gasteiger partial charge in [-0.3, -0.25) is 4.72 Å². The zero-order valence-corrected chi connectivity index (χ0v) is 12.9. The Morgan fingerprint density at radius 3 is 2.33 bits per heavy atom. The molecular formula is C14H17N3O3S. The lowest BCUT2D eigenvalue weighted by atomic mass is 10.1. The first-order valence-corrected chi connectivity index (χ1v) is 7.89. The van der Waals surface area contributed by atoms with Gasteiger partial charge in [-0.15, -0.1) is 0 Å². The van der Waals surface area contributed by atoms with E-state index in [9.17, 15) is 8.42 Å². The maximum Gasteiger partial charge on any atom is 0.279 e. The number of nitrogens with one attached hydrogen (secondary N) is 1. The van der Waals surface area contributed by atoms with Crippen LogP contribution in [0.5, 0.6) is 5.88 Å². The largest absolute Gasteiger partial charge is 0.481 e. The van der Waals surface area contributed by atoms with Crippen molar-refractivity contribution in [3.63, 3.8) is 0 Å². The summed E-state index contributed by atoms with van der Waals surface area (Å²) in [5, 5.41) is -0.0253. The molecule has 0 atom stereocenters. The lowest BCUT2D eigenvalue weighted by Gasteiger charge is -2.09. The minimum atomic E-state index is -3.72. The molecule has 0 saturated heterocycles. The van der Waals surface area contributed by atoms with Crippen molar-refractivity contribution in [3.05, 3.63) is 42.2 Å². The molecule has 0 aliphatic rings. The van der Waals surface area contributed by atoms with Gasteiger partial charge in [0.2, 0.25) is 5.88 Å². The van der Waals surface area contributed by atoms with E-state index in [0.717, 1.165) is 5.56 Å². The summed E-state index contributed by atoms with van der Waals surface area (Å²) in [5.74, 6) is 0.713. The fourth-order valence-corrected chi connectivity index (χ4v) is 2.64. The summed E-state index contributed by atoms with van der Waals surface area (Å²) in [6.45, 7) is 4.04. The minimum absolute atomic E-state index is 0.0253. The molecule has 0 radical (unpaired) electrons. The molecule has 1 N–H and O–H groups in total. The predicted molar refractivity (Wildman–Crippen MR) is 79.9 cm³/mol. The molecule has 2 rings (SSSR count). The third-order valence-electron chi connectivity index (χ3n) is 2.90. The van der Waals surface area contributed by atoms with Crippen LogP contribution in [0, 0.1) is 0 Å². The van der Waals surface area contributed by atoms with Crippen molar-refractivity contribution in [2.45, 2.75) is 24.8 Å². The summed E-state index contributed by atoms with van der Waals surface area (Å²) < 4.78 is 31.8. The number of nitrogens with zero attached hydrogens (tertiary/aromatic N) is 2. The summed E-state index contributed by atoms with van der Waals surface area (Å²) in [6, 6.07) is 6.41. The summed E-state index contributed by atoms with van der Waals surface area (Å²) in [5.41, 5.74) is 1.34. The fourth-order valence-electron chi connectivity index (χ4n) is 1.66. The third-order valence-corrected chi connectivity index (χ3v) is 4.20. The summed E-state index contributed by atoms with van der Waals surface area (Å²) >= 11 is 0. The standard InChI is InChI=1S/C14H17N3O3S/c1-10(2)11-4-7-14(16-8-11)21(18,19)17-12-5-6-13(20-3)15-9-12/h4-10,17H,1-3H3. The summed E-state index contributed by atoms with van der Waals surface area (Å²) in [6.07, 6.45) is 2.96. The molecule has 7 heteroatoms. The van der Waals surface area contributed by atoms with Gasteiger partial charge < -0.3 is 4.74 Å². The highest BCUT2D eigenvalue weighted by Crippen LogP contribution is 2.18. The van der Waals surface area contributed by atoms with E-state index in [1.165, 1.54) is 19.4 Å². The van der Waals surface area contributed by atoms with E-state index >= 15 is 0 Å². The van der Waals surface area contributed by atoms with E-state index in [0.29, 0.717) is 17.5 Å². The number of hydrogen-bond acceptors (Lipinski definition) is 5. The van der Waals surface area contributed by atoms with Gasteiger partial charge in [0.15, 0.2) is 5.03 Å². The van der Waals surface area contributed by atoms with Crippen LogP contribution >= 0.6 is 0 Å². The Bertz CT molecular complexity index is 695. The molecule has 6 nitrogen and oxygen atoms in total. The number of ether oxygens (including phenoxy) is 1. The molecule has 2 aromatic rings. The average Bonchev–Trinajstić information content (AvgIpc) is 2.48. The molecule has 0 saturated carbocycles. The Morgan fingerprint density at radius 2 is 1.86 bits per heavy atom. The zero-order valence-electron chi connectivity index (χ0n) is 12.1. The molecule has 0 amide bonds. The molecular weight excluding hydrogens is 290 g/mol. The Morgan fingerprint density at radius 1 is 1.10 bits per heavy atom. The smallest absolute Gasteiger partial charge is 0.279 e. The second-order valence-electron chi connectivity index (χ2n) is 4.78. The third kappa shape index (κ3) is 3.69. The first-order chi connectivity index (χ1) is 9.92. The van der Waals surface area contributed by atoms with E-state index in [1.54, 1.807) is 24.4 Å². The molecule has 0 fully saturated rings. The van der Waals surface area contributed by atoms with Crippen LogP contribution in [-0.2, 0) is 10.0 Å². The van der Waals surface area contributed by atoms with Crippen molar-refractivity contribution in [1.82, 2.24) is 9.97 Å². The lowest BCUT2D eigenvalue weighted by molar-refractivity contribution is 0.398. The molecule has 0 spiro atoms. The topological polar surface area (TPSA) is 81.2 Å². The van der Waals surface area contributed by atoms with Gasteiger partial charge in [-0.1, -0.05) is 19.9 Å². The number of sulfonamides is 1. The van der Waals surface area contributed by atoms with Crippen molar-refractivity contribution in [2.75, 3.05) is 11.8 Å². The highest BCUT2D eigenvalue weighted by atomic mass is 32.2. The number of aromatic nitrogens is 2. The Hall–Kier alpha value is -2.15. The molecule has 2 heterocycles. The number of anilines is 1. The van der Waals surface area contributed by atoms with Gasteiger partial charge in [-0.05, 0) is 23.6 Å². The summed E-state index contributed by atoms with van der Waals surface area (Å²) in [4.78, 5) is 7.95. The molecule has 112 valence electrons. The van der Waals surface area contributed by atoms with Crippen molar-refractivity contribution >= 4 is 15.7 Å². The first-order valence-electron chi connectivity index (χ1n) is 6.41. The monoisotopic (exact) mass is 307 g/mol. The minimum Gasteiger partial charge on any atom is -0.481 e. The van der Waals surface area contributed by atoms with Crippen LogP contribution < -0.4 is 9.46 Å². The number of pyridine rings is 2. The highest BCUT2D eigenvalue weighted by molar-refractivity contribution is 7.92. The van der Waals surface area contributed by atoms with Crippen LogP contribution in [0.4, 0.5) is 5.69 Å².